The van der Waals surface area contributed by atoms with Gasteiger partial charge in [-0.15, -0.1) is 0 Å². The Bertz CT molecular complexity index is 678. The highest BCUT2D eigenvalue weighted by molar-refractivity contribution is 5.41. The van der Waals surface area contributed by atoms with Crippen molar-refractivity contribution >= 4 is 0 Å². The van der Waals surface area contributed by atoms with Crippen molar-refractivity contribution in [2.75, 3.05) is 14.2 Å². The molecule has 5 heteroatoms. The van der Waals surface area contributed by atoms with E-state index >= 15 is 0 Å². The van der Waals surface area contributed by atoms with Crippen molar-refractivity contribution in [1.82, 2.24) is 4.57 Å². The molecule has 1 heterocycles. The standard InChI is InChI=1S/C16H19NO4/c1-11-6-7-17(16(19)8-11)10-14(18)13-5-4-12(20-2)9-15(13)21-3/h4-9,14,18H,10H2,1-3H3. The summed E-state index contributed by atoms with van der Waals surface area (Å²) in [7, 11) is 3.10. The number of hydrogen-bond donors (Lipinski definition) is 1. The lowest BCUT2D eigenvalue weighted by Gasteiger charge is -2.17. The van der Waals surface area contributed by atoms with Gasteiger partial charge >= 0.3 is 0 Å². The van der Waals surface area contributed by atoms with Crippen molar-refractivity contribution in [3.05, 3.63) is 58.0 Å². The van der Waals surface area contributed by atoms with Gasteiger partial charge in [-0.05, 0) is 30.7 Å². The molecule has 0 aliphatic rings. The molecule has 112 valence electrons. The summed E-state index contributed by atoms with van der Waals surface area (Å²) in [5.74, 6) is 1.18. The highest BCUT2D eigenvalue weighted by atomic mass is 16.5. The molecular weight excluding hydrogens is 270 g/mol. The summed E-state index contributed by atoms with van der Waals surface area (Å²) < 4.78 is 11.9. The van der Waals surface area contributed by atoms with Crippen LogP contribution in [0, 0.1) is 6.92 Å². The lowest BCUT2D eigenvalue weighted by molar-refractivity contribution is 0.151. The van der Waals surface area contributed by atoms with Crippen LogP contribution in [-0.2, 0) is 6.54 Å². The minimum atomic E-state index is -0.841. The topological polar surface area (TPSA) is 60.7 Å². The summed E-state index contributed by atoms with van der Waals surface area (Å²) in [4.78, 5) is 11.9. The van der Waals surface area contributed by atoms with Crippen LogP contribution < -0.4 is 15.0 Å². The van der Waals surface area contributed by atoms with Gasteiger partial charge in [0.25, 0.3) is 5.56 Å². The fourth-order valence-corrected chi connectivity index (χ4v) is 2.14. The van der Waals surface area contributed by atoms with Gasteiger partial charge in [-0.2, -0.15) is 0 Å². The maximum absolute atomic E-state index is 11.9. The van der Waals surface area contributed by atoms with Crippen LogP contribution in [0.25, 0.3) is 0 Å². The first-order chi connectivity index (χ1) is 10.0. The van der Waals surface area contributed by atoms with Crippen LogP contribution in [0.1, 0.15) is 17.2 Å². The maximum atomic E-state index is 11.9. The number of pyridine rings is 1. The zero-order chi connectivity index (χ0) is 15.4. The Labute approximate surface area is 123 Å². The van der Waals surface area contributed by atoms with E-state index in [2.05, 4.69) is 0 Å². The van der Waals surface area contributed by atoms with Crippen LogP contribution in [-0.4, -0.2) is 23.9 Å². The number of nitrogens with zero attached hydrogens (tertiary/aromatic N) is 1. The number of methoxy groups -OCH3 is 2. The Morgan fingerprint density at radius 2 is 1.95 bits per heavy atom. The Morgan fingerprint density at radius 1 is 1.19 bits per heavy atom. The molecule has 0 aliphatic heterocycles. The van der Waals surface area contributed by atoms with Gasteiger partial charge < -0.3 is 19.1 Å². The fraction of sp³-hybridized carbons (Fsp3) is 0.312. The normalized spacial score (nSPS) is 12.0. The first-order valence-corrected chi connectivity index (χ1v) is 6.62. The first-order valence-electron chi connectivity index (χ1n) is 6.62. The molecule has 0 aliphatic carbocycles. The van der Waals surface area contributed by atoms with Crippen molar-refractivity contribution in [1.29, 1.82) is 0 Å². The summed E-state index contributed by atoms with van der Waals surface area (Å²) in [5.41, 5.74) is 1.38. The second-order valence-corrected chi connectivity index (χ2v) is 4.82. The Balaban J connectivity index is 2.27. The SMILES string of the molecule is COc1ccc(C(O)Cn2ccc(C)cc2=O)c(OC)c1. The third-order valence-corrected chi connectivity index (χ3v) is 3.32. The van der Waals surface area contributed by atoms with Gasteiger partial charge in [-0.3, -0.25) is 4.79 Å². The lowest BCUT2D eigenvalue weighted by atomic mass is 10.1. The van der Waals surface area contributed by atoms with Crippen LogP contribution in [0.3, 0.4) is 0 Å². The molecule has 1 aromatic heterocycles. The second kappa shape index (κ2) is 6.45. The van der Waals surface area contributed by atoms with Crippen molar-refractivity contribution < 1.29 is 14.6 Å². The van der Waals surface area contributed by atoms with Crippen LogP contribution >= 0.6 is 0 Å². The molecule has 2 rings (SSSR count). The molecule has 0 fully saturated rings. The van der Waals surface area contributed by atoms with E-state index in [1.54, 1.807) is 31.5 Å². The number of aliphatic hydroxyl groups is 1. The molecule has 1 unspecified atom stereocenters. The minimum Gasteiger partial charge on any atom is -0.497 e. The molecule has 5 nitrogen and oxygen atoms in total. The average Bonchev–Trinajstić information content (AvgIpc) is 2.49. The number of aromatic nitrogens is 1. The van der Waals surface area contributed by atoms with Crippen molar-refractivity contribution in [2.24, 2.45) is 0 Å². The number of ether oxygens (including phenoxy) is 2. The summed E-state index contributed by atoms with van der Waals surface area (Å²) in [6.07, 6.45) is 0.836. The van der Waals surface area contributed by atoms with E-state index < -0.39 is 6.10 Å². The van der Waals surface area contributed by atoms with E-state index in [1.165, 1.54) is 17.7 Å². The number of benzene rings is 1. The van der Waals surface area contributed by atoms with Crippen molar-refractivity contribution in [3.8, 4) is 11.5 Å². The first kappa shape index (κ1) is 15.1. The predicted molar refractivity (Wildman–Crippen MR) is 79.9 cm³/mol. The number of rotatable bonds is 5. The van der Waals surface area contributed by atoms with Gasteiger partial charge in [0, 0.05) is 23.9 Å². The van der Waals surface area contributed by atoms with Gasteiger partial charge in [0.2, 0.25) is 0 Å². The zero-order valence-electron chi connectivity index (χ0n) is 12.4. The van der Waals surface area contributed by atoms with Gasteiger partial charge in [-0.25, -0.2) is 0 Å². The van der Waals surface area contributed by atoms with Gasteiger partial charge in [0.05, 0.1) is 20.8 Å². The molecule has 1 atom stereocenters. The third-order valence-electron chi connectivity index (χ3n) is 3.32. The summed E-state index contributed by atoms with van der Waals surface area (Å²) >= 11 is 0. The summed E-state index contributed by atoms with van der Waals surface area (Å²) in [5, 5.41) is 10.4. The smallest absolute Gasteiger partial charge is 0.250 e. The van der Waals surface area contributed by atoms with Crippen LogP contribution in [0.5, 0.6) is 11.5 Å². The monoisotopic (exact) mass is 289 g/mol. The molecular formula is C16H19NO4. The van der Waals surface area contributed by atoms with E-state index in [0.717, 1.165) is 5.56 Å². The number of aliphatic hydroxyl groups excluding tert-OH is 1. The molecule has 2 aromatic rings. The Hall–Kier alpha value is -2.27. The predicted octanol–water partition coefficient (Wildman–Crippen LogP) is 1.91. The highest BCUT2D eigenvalue weighted by Gasteiger charge is 2.15. The van der Waals surface area contributed by atoms with Crippen molar-refractivity contribution in [3.63, 3.8) is 0 Å². The molecule has 0 saturated carbocycles. The van der Waals surface area contributed by atoms with E-state index in [0.29, 0.717) is 17.1 Å². The Morgan fingerprint density at radius 3 is 2.57 bits per heavy atom. The minimum absolute atomic E-state index is 0.137. The van der Waals surface area contributed by atoms with Crippen LogP contribution in [0.15, 0.2) is 41.3 Å². The molecule has 0 radical (unpaired) electrons. The van der Waals surface area contributed by atoms with Gasteiger partial charge in [-0.1, -0.05) is 0 Å². The van der Waals surface area contributed by atoms with E-state index in [9.17, 15) is 9.90 Å². The maximum Gasteiger partial charge on any atom is 0.250 e. The molecule has 21 heavy (non-hydrogen) atoms. The van der Waals surface area contributed by atoms with Gasteiger partial charge in [0.15, 0.2) is 0 Å². The Kier molecular flexibility index (Phi) is 4.65. The average molecular weight is 289 g/mol. The highest BCUT2D eigenvalue weighted by Crippen LogP contribution is 2.30. The largest absolute Gasteiger partial charge is 0.497 e. The third kappa shape index (κ3) is 3.44. The molecule has 1 N–H and O–H groups in total. The number of hydrogen-bond acceptors (Lipinski definition) is 4. The molecule has 0 bridgehead atoms. The quantitative estimate of drug-likeness (QED) is 0.913. The van der Waals surface area contributed by atoms with E-state index in [1.807, 2.05) is 13.0 Å². The lowest BCUT2D eigenvalue weighted by Crippen LogP contribution is -2.22. The molecule has 0 amide bonds. The molecule has 1 aromatic carbocycles. The van der Waals surface area contributed by atoms with E-state index in [4.69, 9.17) is 9.47 Å². The summed E-state index contributed by atoms with van der Waals surface area (Å²) in [6.45, 7) is 2.02. The molecule has 0 spiro atoms. The van der Waals surface area contributed by atoms with Crippen LogP contribution in [0.4, 0.5) is 0 Å². The zero-order valence-corrected chi connectivity index (χ0v) is 12.4. The van der Waals surface area contributed by atoms with Gasteiger partial charge in [0.1, 0.15) is 17.6 Å². The van der Waals surface area contributed by atoms with Crippen molar-refractivity contribution in [2.45, 2.75) is 19.6 Å². The second-order valence-electron chi connectivity index (χ2n) is 4.82. The summed E-state index contributed by atoms with van der Waals surface area (Å²) in [6, 6.07) is 8.56. The van der Waals surface area contributed by atoms with E-state index in [-0.39, 0.29) is 12.1 Å². The number of aryl methyl sites for hydroxylation is 1. The van der Waals surface area contributed by atoms with Crippen LogP contribution in [0.2, 0.25) is 0 Å². The molecule has 0 saturated heterocycles. The fourth-order valence-electron chi connectivity index (χ4n) is 2.14.